The van der Waals surface area contributed by atoms with E-state index in [9.17, 15) is 5.11 Å². The molecule has 2 aliphatic heterocycles. The van der Waals surface area contributed by atoms with E-state index < -0.39 is 6.10 Å². The molecule has 2 rings (SSSR count). The van der Waals surface area contributed by atoms with Crippen molar-refractivity contribution in [1.29, 1.82) is 0 Å². The second-order valence-corrected chi connectivity index (χ2v) is 6.62. The van der Waals surface area contributed by atoms with E-state index in [-0.39, 0.29) is 0 Å². The van der Waals surface area contributed by atoms with Crippen molar-refractivity contribution >= 4 is 0 Å². The van der Waals surface area contributed by atoms with Gasteiger partial charge in [-0.15, -0.1) is 0 Å². The Bertz CT molecular complexity index is 275. The van der Waals surface area contributed by atoms with Crippen molar-refractivity contribution in [2.75, 3.05) is 19.8 Å². The van der Waals surface area contributed by atoms with Gasteiger partial charge in [-0.3, -0.25) is 0 Å². The fourth-order valence-corrected chi connectivity index (χ4v) is 3.40. The molecule has 4 atom stereocenters. The van der Waals surface area contributed by atoms with Crippen LogP contribution < -0.4 is 5.32 Å². The molecule has 2 aliphatic rings. The summed E-state index contributed by atoms with van der Waals surface area (Å²) < 4.78 is 11.4. The molecule has 0 aliphatic carbocycles. The molecule has 2 N–H and O–H groups in total. The number of aliphatic hydroxyl groups excluding tert-OH is 1. The molecule has 2 heterocycles. The van der Waals surface area contributed by atoms with Gasteiger partial charge in [0.1, 0.15) is 0 Å². The van der Waals surface area contributed by atoms with Crippen LogP contribution in [0.15, 0.2) is 0 Å². The van der Waals surface area contributed by atoms with E-state index in [0.717, 1.165) is 19.4 Å². The second kappa shape index (κ2) is 9.78. The van der Waals surface area contributed by atoms with Gasteiger partial charge in [-0.05, 0) is 25.7 Å². The third-order valence-electron chi connectivity index (χ3n) is 4.67. The summed E-state index contributed by atoms with van der Waals surface area (Å²) in [5.41, 5.74) is 0. The zero-order valence-corrected chi connectivity index (χ0v) is 13.6. The molecule has 2 fully saturated rings. The number of ether oxygens (including phenoxy) is 2. The summed E-state index contributed by atoms with van der Waals surface area (Å²) in [5, 5.41) is 13.4. The van der Waals surface area contributed by atoms with E-state index in [4.69, 9.17) is 9.47 Å². The van der Waals surface area contributed by atoms with Crippen LogP contribution in [-0.4, -0.2) is 49.2 Å². The van der Waals surface area contributed by atoms with Crippen molar-refractivity contribution in [3.05, 3.63) is 0 Å². The van der Waals surface area contributed by atoms with Gasteiger partial charge in [-0.2, -0.15) is 0 Å². The van der Waals surface area contributed by atoms with Gasteiger partial charge in [-0.25, -0.2) is 0 Å². The first kappa shape index (κ1) is 17.2. The van der Waals surface area contributed by atoms with Crippen molar-refractivity contribution < 1.29 is 14.6 Å². The molecule has 0 amide bonds. The van der Waals surface area contributed by atoms with Crippen molar-refractivity contribution in [1.82, 2.24) is 5.32 Å². The number of hydrogen-bond acceptors (Lipinski definition) is 4. The Labute approximate surface area is 129 Å². The summed E-state index contributed by atoms with van der Waals surface area (Å²) in [4.78, 5) is 0. The maximum atomic E-state index is 9.92. The number of nitrogens with one attached hydrogen (secondary N) is 1. The van der Waals surface area contributed by atoms with E-state index in [1.54, 1.807) is 0 Å². The molecule has 2 saturated heterocycles. The molecule has 21 heavy (non-hydrogen) atoms. The minimum Gasteiger partial charge on any atom is -0.389 e. The van der Waals surface area contributed by atoms with Gasteiger partial charge in [0.15, 0.2) is 0 Å². The van der Waals surface area contributed by atoms with Gasteiger partial charge >= 0.3 is 0 Å². The van der Waals surface area contributed by atoms with Crippen LogP contribution in [0.4, 0.5) is 0 Å². The smallest absolute Gasteiger partial charge is 0.0897 e. The summed E-state index contributed by atoms with van der Waals surface area (Å²) in [7, 11) is 0. The Balaban J connectivity index is 1.39. The van der Waals surface area contributed by atoms with Gasteiger partial charge in [0.05, 0.1) is 24.9 Å². The Hall–Kier alpha value is -0.160. The molecule has 4 unspecified atom stereocenters. The standard InChI is InChI=1S/C17H33NO3/c1-2-3-4-5-6-7-10-20-13-14(19)12-18-16-11-15-8-9-17(16)21-15/h14-19H,2-13H2,1H3. The van der Waals surface area contributed by atoms with Gasteiger partial charge in [0.2, 0.25) is 0 Å². The highest BCUT2D eigenvalue weighted by molar-refractivity contribution is 4.94. The maximum Gasteiger partial charge on any atom is 0.0897 e. The first-order valence-corrected chi connectivity index (χ1v) is 8.94. The Morgan fingerprint density at radius 3 is 2.71 bits per heavy atom. The molecule has 4 heteroatoms. The Morgan fingerprint density at radius 1 is 1.19 bits per heavy atom. The molecule has 2 bridgehead atoms. The van der Waals surface area contributed by atoms with Crippen molar-refractivity contribution in [3.8, 4) is 0 Å². The Kier molecular flexibility index (Phi) is 8.01. The van der Waals surface area contributed by atoms with Crippen LogP contribution in [0.2, 0.25) is 0 Å². The minimum atomic E-state index is -0.399. The first-order valence-electron chi connectivity index (χ1n) is 8.94. The van der Waals surface area contributed by atoms with Crippen LogP contribution in [0.3, 0.4) is 0 Å². The molecule has 0 saturated carbocycles. The molecular weight excluding hydrogens is 266 g/mol. The zero-order valence-electron chi connectivity index (χ0n) is 13.6. The summed E-state index contributed by atoms with van der Waals surface area (Å²) in [6.45, 7) is 4.08. The summed E-state index contributed by atoms with van der Waals surface area (Å²) in [6.07, 6.45) is 11.6. The topological polar surface area (TPSA) is 50.7 Å². The average Bonchev–Trinajstić information content (AvgIpc) is 3.10. The number of rotatable bonds is 12. The van der Waals surface area contributed by atoms with E-state index >= 15 is 0 Å². The molecule has 0 aromatic rings. The highest BCUT2D eigenvalue weighted by atomic mass is 16.5. The van der Waals surface area contributed by atoms with Crippen LogP contribution in [0.1, 0.15) is 64.7 Å². The summed E-state index contributed by atoms with van der Waals surface area (Å²) in [6, 6.07) is 0.442. The maximum absolute atomic E-state index is 9.92. The fourth-order valence-electron chi connectivity index (χ4n) is 3.40. The fraction of sp³-hybridized carbons (Fsp3) is 1.00. The molecule has 0 radical (unpaired) electrons. The second-order valence-electron chi connectivity index (χ2n) is 6.62. The quantitative estimate of drug-likeness (QED) is 0.544. The third kappa shape index (κ3) is 6.23. The average molecular weight is 299 g/mol. The van der Waals surface area contributed by atoms with E-state index in [1.807, 2.05) is 0 Å². The van der Waals surface area contributed by atoms with E-state index in [0.29, 0.717) is 31.4 Å². The predicted molar refractivity (Wildman–Crippen MR) is 84.5 cm³/mol. The SMILES string of the molecule is CCCCCCCCOCC(O)CNC1CC2CCC1O2. The summed E-state index contributed by atoms with van der Waals surface area (Å²) >= 11 is 0. The lowest BCUT2D eigenvalue weighted by molar-refractivity contribution is 0.0321. The molecule has 0 aromatic heterocycles. The van der Waals surface area contributed by atoms with Gasteiger partial charge < -0.3 is 19.9 Å². The highest BCUT2D eigenvalue weighted by Crippen LogP contribution is 2.34. The minimum absolute atomic E-state index is 0.381. The molecule has 124 valence electrons. The first-order chi connectivity index (χ1) is 10.3. The summed E-state index contributed by atoms with van der Waals surface area (Å²) in [5.74, 6) is 0. The molecular formula is C17H33NO3. The lowest BCUT2D eigenvalue weighted by Gasteiger charge is -2.22. The zero-order chi connectivity index (χ0) is 14.9. The van der Waals surface area contributed by atoms with Crippen LogP contribution >= 0.6 is 0 Å². The van der Waals surface area contributed by atoms with Crippen LogP contribution in [0, 0.1) is 0 Å². The largest absolute Gasteiger partial charge is 0.389 e. The van der Waals surface area contributed by atoms with Gasteiger partial charge in [0.25, 0.3) is 0 Å². The molecule has 4 nitrogen and oxygen atoms in total. The van der Waals surface area contributed by atoms with Gasteiger partial charge in [0, 0.05) is 19.2 Å². The lowest BCUT2D eigenvalue weighted by atomic mass is 9.95. The van der Waals surface area contributed by atoms with Crippen molar-refractivity contribution in [2.45, 2.75) is 89.1 Å². The van der Waals surface area contributed by atoms with Crippen molar-refractivity contribution in [2.24, 2.45) is 0 Å². The van der Waals surface area contributed by atoms with Crippen LogP contribution in [-0.2, 0) is 9.47 Å². The van der Waals surface area contributed by atoms with E-state index in [1.165, 1.54) is 44.9 Å². The number of aliphatic hydroxyl groups is 1. The van der Waals surface area contributed by atoms with Crippen molar-refractivity contribution in [3.63, 3.8) is 0 Å². The van der Waals surface area contributed by atoms with E-state index in [2.05, 4.69) is 12.2 Å². The molecule has 0 aromatic carbocycles. The monoisotopic (exact) mass is 299 g/mol. The lowest BCUT2D eigenvalue weighted by Crippen LogP contribution is -2.42. The number of fused-ring (bicyclic) bond motifs is 2. The number of hydrogen-bond donors (Lipinski definition) is 2. The highest BCUT2D eigenvalue weighted by Gasteiger charge is 2.40. The van der Waals surface area contributed by atoms with Crippen LogP contribution in [0.25, 0.3) is 0 Å². The molecule has 0 spiro atoms. The Morgan fingerprint density at radius 2 is 2.00 bits per heavy atom. The van der Waals surface area contributed by atoms with Gasteiger partial charge in [-0.1, -0.05) is 39.0 Å². The predicted octanol–water partition coefficient (Wildman–Crippen LogP) is 2.63. The normalized spacial score (nSPS) is 29.1. The number of unbranched alkanes of at least 4 members (excludes halogenated alkanes) is 5. The van der Waals surface area contributed by atoms with Crippen LogP contribution in [0.5, 0.6) is 0 Å². The third-order valence-corrected chi connectivity index (χ3v) is 4.67.